The summed E-state index contributed by atoms with van der Waals surface area (Å²) in [5.74, 6) is 0.637. The van der Waals surface area contributed by atoms with Gasteiger partial charge in [0, 0.05) is 12.3 Å². The summed E-state index contributed by atoms with van der Waals surface area (Å²) in [6, 6.07) is 1.40. The Hall–Kier alpha value is -1.16. The molecular weight excluding hydrogens is 166 g/mol. The maximum absolute atomic E-state index is 11.0. The van der Waals surface area contributed by atoms with Crippen molar-refractivity contribution in [3.05, 3.63) is 28.4 Å². The Labute approximate surface area is 76.2 Å². The summed E-state index contributed by atoms with van der Waals surface area (Å²) in [5.41, 5.74) is 5.60. The lowest BCUT2D eigenvalue weighted by Crippen LogP contribution is -2.36. The average Bonchev–Trinajstić information content (AvgIpc) is 2.54. The van der Waals surface area contributed by atoms with Gasteiger partial charge in [0.2, 0.25) is 0 Å². The van der Waals surface area contributed by atoms with E-state index in [-0.39, 0.29) is 11.1 Å². The van der Waals surface area contributed by atoms with Crippen LogP contribution < -0.4 is 11.3 Å². The second-order valence-corrected chi connectivity index (χ2v) is 3.65. The van der Waals surface area contributed by atoms with Crippen molar-refractivity contribution in [3.63, 3.8) is 0 Å². The minimum absolute atomic E-state index is 0.123. The van der Waals surface area contributed by atoms with Gasteiger partial charge < -0.3 is 10.7 Å². The normalized spacial score (nSPS) is 20.4. The Morgan fingerprint density at radius 2 is 2.15 bits per heavy atom. The lowest BCUT2D eigenvalue weighted by Gasteiger charge is -2.21. The van der Waals surface area contributed by atoms with Crippen LogP contribution in [0, 0.1) is 0 Å². The van der Waals surface area contributed by atoms with Crippen molar-refractivity contribution in [3.8, 4) is 0 Å². The van der Waals surface area contributed by atoms with E-state index in [0.29, 0.717) is 5.82 Å². The summed E-state index contributed by atoms with van der Waals surface area (Å²) in [4.78, 5) is 17.8. The van der Waals surface area contributed by atoms with Gasteiger partial charge in [-0.15, -0.1) is 0 Å². The molecule has 2 rings (SSSR count). The van der Waals surface area contributed by atoms with E-state index in [0.717, 1.165) is 25.7 Å². The van der Waals surface area contributed by atoms with Crippen LogP contribution in [-0.4, -0.2) is 9.97 Å². The zero-order valence-electron chi connectivity index (χ0n) is 7.42. The average molecular weight is 179 g/mol. The van der Waals surface area contributed by atoms with Crippen LogP contribution in [0.15, 0.2) is 17.1 Å². The predicted octanol–water partition coefficient (Wildman–Crippen LogP) is 0.498. The molecule has 0 amide bonds. The van der Waals surface area contributed by atoms with Crippen LogP contribution in [0.4, 0.5) is 0 Å². The van der Waals surface area contributed by atoms with Crippen LogP contribution >= 0.6 is 0 Å². The van der Waals surface area contributed by atoms with Gasteiger partial charge in [0.05, 0.1) is 5.54 Å². The molecule has 1 aliphatic carbocycles. The largest absolute Gasteiger partial charge is 0.319 e. The highest BCUT2D eigenvalue weighted by Crippen LogP contribution is 2.33. The molecular formula is C9H13N3O. The number of hydrogen-bond donors (Lipinski definition) is 2. The van der Waals surface area contributed by atoms with Crippen molar-refractivity contribution in [1.29, 1.82) is 0 Å². The SMILES string of the molecule is NC1(c2nccc(=O)[nH]2)CCCC1. The van der Waals surface area contributed by atoms with E-state index in [4.69, 9.17) is 5.73 Å². The molecule has 0 bridgehead atoms. The number of nitrogens with two attached hydrogens (primary N) is 1. The number of aromatic nitrogens is 2. The Morgan fingerprint density at radius 1 is 1.46 bits per heavy atom. The van der Waals surface area contributed by atoms with E-state index in [1.807, 2.05) is 0 Å². The molecule has 1 heterocycles. The van der Waals surface area contributed by atoms with Gasteiger partial charge in [0.15, 0.2) is 0 Å². The summed E-state index contributed by atoms with van der Waals surface area (Å²) in [5, 5.41) is 0. The molecule has 1 fully saturated rings. The monoisotopic (exact) mass is 179 g/mol. The first-order valence-electron chi connectivity index (χ1n) is 4.55. The molecule has 70 valence electrons. The van der Waals surface area contributed by atoms with Crippen molar-refractivity contribution < 1.29 is 0 Å². The fourth-order valence-corrected chi connectivity index (χ4v) is 1.87. The number of hydrogen-bond acceptors (Lipinski definition) is 3. The third kappa shape index (κ3) is 1.49. The van der Waals surface area contributed by atoms with Crippen molar-refractivity contribution in [1.82, 2.24) is 9.97 Å². The van der Waals surface area contributed by atoms with E-state index in [2.05, 4.69) is 9.97 Å². The van der Waals surface area contributed by atoms with Gasteiger partial charge in [-0.1, -0.05) is 12.8 Å². The van der Waals surface area contributed by atoms with Crippen molar-refractivity contribution in [2.24, 2.45) is 5.73 Å². The van der Waals surface area contributed by atoms with Crippen molar-refractivity contribution in [2.75, 3.05) is 0 Å². The molecule has 4 nitrogen and oxygen atoms in total. The van der Waals surface area contributed by atoms with Gasteiger partial charge in [-0.25, -0.2) is 4.98 Å². The van der Waals surface area contributed by atoms with Gasteiger partial charge in [-0.2, -0.15) is 0 Å². The molecule has 0 radical (unpaired) electrons. The Morgan fingerprint density at radius 3 is 2.77 bits per heavy atom. The summed E-state index contributed by atoms with van der Waals surface area (Å²) in [6.45, 7) is 0. The number of nitrogens with zero attached hydrogens (tertiary/aromatic N) is 1. The molecule has 0 aliphatic heterocycles. The molecule has 4 heteroatoms. The van der Waals surface area contributed by atoms with Crippen molar-refractivity contribution in [2.45, 2.75) is 31.2 Å². The first kappa shape index (κ1) is 8.44. The van der Waals surface area contributed by atoms with E-state index in [1.165, 1.54) is 12.3 Å². The number of H-pyrrole nitrogens is 1. The van der Waals surface area contributed by atoms with Gasteiger partial charge in [-0.05, 0) is 12.8 Å². The van der Waals surface area contributed by atoms with E-state index in [9.17, 15) is 4.79 Å². The predicted molar refractivity (Wildman–Crippen MR) is 49.2 cm³/mol. The number of nitrogens with one attached hydrogen (secondary N) is 1. The number of rotatable bonds is 1. The first-order chi connectivity index (χ1) is 6.21. The maximum atomic E-state index is 11.0. The summed E-state index contributed by atoms with van der Waals surface area (Å²) < 4.78 is 0. The Kier molecular flexibility index (Phi) is 1.92. The lowest BCUT2D eigenvalue weighted by atomic mass is 9.98. The van der Waals surface area contributed by atoms with E-state index in [1.54, 1.807) is 0 Å². The molecule has 0 aromatic carbocycles. The van der Waals surface area contributed by atoms with Gasteiger partial charge in [0.1, 0.15) is 5.82 Å². The summed E-state index contributed by atoms with van der Waals surface area (Å²) in [7, 11) is 0. The van der Waals surface area contributed by atoms with Crippen LogP contribution in [-0.2, 0) is 5.54 Å². The van der Waals surface area contributed by atoms with Crippen LogP contribution in [0.25, 0.3) is 0 Å². The van der Waals surface area contributed by atoms with Gasteiger partial charge >= 0.3 is 0 Å². The van der Waals surface area contributed by atoms with Crippen molar-refractivity contribution >= 4 is 0 Å². The molecule has 0 atom stereocenters. The lowest BCUT2D eigenvalue weighted by molar-refractivity contribution is 0.430. The minimum atomic E-state index is -0.388. The molecule has 1 aliphatic rings. The second kappa shape index (κ2) is 2.96. The fraction of sp³-hybridized carbons (Fsp3) is 0.556. The topological polar surface area (TPSA) is 71.8 Å². The zero-order chi connectivity index (χ0) is 9.31. The molecule has 1 aromatic rings. The second-order valence-electron chi connectivity index (χ2n) is 3.65. The molecule has 3 N–H and O–H groups in total. The third-order valence-electron chi connectivity index (χ3n) is 2.64. The van der Waals surface area contributed by atoms with E-state index < -0.39 is 0 Å². The summed E-state index contributed by atoms with van der Waals surface area (Å²) in [6.07, 6.45) is 5.59. The zero-order valence-corrected chi connectivity index (χ0v) is 7.42. The standard InChI is InChI=1S/C9H13N3O/c10-9(4-1-2-5-9)8-11-6-3-7(13)12-8/h3,6H,1-2,4-5,10H2,(H,11,12,13). The van der Waals surface area contributed by atoms with Crippen LogP contribution in [0.5, 0.6) is 0 Å². The highest BCUT2D eigenvalue weighted by molar-refractivity contribution is 5.07. The smallest absolute Gasteiger partial charge is 0.250 e. The molecule has 13 heavy (non-hydrogen) atoms. The molecule has 1 aromatic heterocycles. The van der Waals surface area contributed by atoms with E-state index >= 15 is 0 Å². The molecule has 0 unspecified atom stereocenters. The molecule has 0 saturated heterocycles. The minimum Gasteiger partial charge on any atom is -0.319 e. The van der Waals surface area contributed by atoms with Crippen LogP contribution in [0.2, 0.25) is 0 Å². The van der Waals surface area contributed by atoms with Gasteiger partial charge in [-0.3, -0.25) is 4.79 Å². The molecule has 0 spiro atoms. The Balaban J connectivity index is 2.39. The quantitative estimate of drug-likeness (QED) is 0.659. The highest BCUT2D eigenvalue weighted by atomic mass is 16.1. The van der Waals surface area contributed by atoms with Gasteiger partial charge in [0.25, 0.3) is 5.56 Å². The number of aromatic amines is 1. The Bertz CT molecular complexity index is 352. The fourth-order valence-electron chi connectivity index (χ4n) is 1.87. The third-order valence-corrected chi connectivity index (χ3v) is 2.64. The van der Waals surface area contributed by atoms with Crippen LogP contribution in [0.3, 0.4) is 0 Å². The van der Waals surface area contributed by atoms with Crippen LogP contribution in [0.1, 0.15) is 31.5 Å². The highest BCUT2D eigenvalue weighted by Gasteiger charge is 2.33. The maximum Gasteiger partial charge on any atom is 0.250 e. The summed E-state index contributed by atoms with van der Waals surface area (Å²) >= 11 is 0. The first-order valence-corrected chi connectivity index (χ1v) is 4.55. The molecule has 1 saturated carbocycles.